The lowest BCUT2D eigenvalue weighted by Crippen LogP contribution is -2.16. The maximum absolute atomic E-state index is 11.4. The second-order valence-electron chi connectivity index (χ2n) is 3.45. The molecule has 0 amide bonds. The number of hydrogen-bond acceptors (Lipinski definition) is 4. The first-order valence-corrected chi connectivity index (χ1v) is 4.94. The Hall–Kier alpha value is -1.95. The Morgan fingerprint density at radius 2 is 2.38 bits per heavy atom. The summed E-state index contributed by atoms with van der Waals surface area (Å²) in [5, 5.41) is 6.99. The highest BCUT2D eigenvalue weighted by molar-refractivity contribution is 5.53. The van der Waals surface area contributed by atoms with Crippen LogP contribution in [0, 0.1) is 0 Å². The van der Waals surface area contributed by atoms with E-state index in [9.17, 15) is 4.79 Å². The second kappa shape index (κ2) is 4.28. The summed E-state index contributed by atoms with van der Waals surface area (Å²) in [6.07, 6.45) is 1.68. The van der Waals surface area contributed by atoms with E-state index in [0.717, 1.165) is 5.69 Å². The molecule has 0 spiro atoms. The van der Waals surface area contributed by atoms with Crippen LogP contribution in [0.15, 0.2) is 23.1 Å². The van der Waals surface area contributed by atoms with Gasteiger partial charge in [-0.2, -0.15) is 5.10 Å². The van der Waals surface area contributed by atoms with Gasteiger partial charge in [-0.25, -0.2) is 4.98 Å². The minimum Gasteiger partial charge on any atom is -0.313 e. The SMILES string of the molecule is CNCc1nc(-c2ccnn2C)cc(=O)[nH]1. The maximum Gasteiger partial charge on any atom is 0.251 e. The van der Waals surface area contributed by atoms with Crippen molar-refractivity contribution in [2.24, 2.45) is 7.05 Å². The van der Waals surface area contributed by atoms with Crippen molar-refractivity contribution in [3.05, 3.63) is 34.5 Å². The van der Waals surface area contributed by atoms with Crippen molar-refractivity contribution < 1.29 is 0 Å². The maximum atomic E-state index is 11.4. The summed E-state index contributed by atoms with van der Waals surface area (Å²) in [4.78, 5) is 18.5. The molecular weight excluding hydrogens is 206 g/mol. The molecule has 0 atom stereocenters. The number of aromatic nitrogens is 4. The van der Waals surface area contributed by atoms with Gasteiger partial charge in [-0.3, -0.25) is 9.48 Å². The number of aromatic amines is 1. The van der Waals surface area contributed by atoms with Gasteiger partial charge in [0.2, 0.25) is 0 Å². The molecule has 0 bridgehead atoms. The van der Waals surface area contributed by atoms with Crippen molar-refractivity contribution in [2.45, 2.75) is 6.54 Å². The summed E-state index contributed by atoms with van der Waals surface area (Å²) >= 11 is 0. The van der Waals surface area contributed by atoms with E-state index in [0.29, 0.717) is 18.1 Å². The van der Waals surface area contributed by atoms with Crippen LogP contribution in [0.3, 0.4) is 0 Å². The molecule has 2 aromatic heterocycles. The number of hydrogen-bond donors (Lipinski definition) is 2. The van der Waals surface area contributed by atoms with E-state index >= 15 is 0 Å². The number of rotatable bonds is 3. The number of aryl methyl sites for hydroxylation is 1. The van der Waals surface area contributed by atoms with Crippen LogP contribution in [0.5, 0.6) is 0 Å². The number of H-pyrrole nitrogens is 1. The van der Waals surface area contributed by atoms with Gasteiger partial charge in [0, 0.05) is 19.3 Å². The van der Waals surface area contributed by atoms with Crippen LogP contribution in [-0.2, 0) is 13.6 Å². The van der Waals surface area contributed by atoms with Crippen LogP contribution in [-0.4, -0.2) is 26.8 Å². The fraction of sp³-hybridized carbons (Fsp3) is 0.300. The minimum atomic E-state index is -0.156. The van der Waals surface area contributed by atoms with E-state index < -0.39 is 0 Å². The lowest BCUT2D eigenvalue weighted by molar-refractivity contribution is 0.745. The van der Waals surface area contributed by atoms with Crippen molar-refractivity contribution in [1.29, 1.82) is 0 Å². The third-order valence-electron chi connectivity index (χ3n) is 2.22. The predicted octanol–water partition coefficient (Wildman–Crippen LogP) is -0.110. The van der Waals surface area contributed by atoms with Crippen LogP contribution in [0.4, 0.5) is 0 Å². The van der Waals surface area contributed by atoms with Crippen molar-refractivity contribution >= 4 is 0 Å². The van der Waals surface area contributed by atoms with Crippen molar-refractivity contribution in [2.75, 3.05) is 7.05 Å². The molecule has 0 saturated carbocycles. The highest BCUT2D eigenvalue weighted by Crippen LogP contribution is 2.12. The molecule has 0 aliphatic rings. The molecule has 0 radical (unpaired) electrons. The average molecular weight is 219 g/mol. The van der Waals surface area contributed by atoms with E-state index in [1.807, 2.05) is 13.1 Å². The molecule has 0 fully saturated rings. The normalized spacial score (nSPS) is 10.6. The largest absolute Gasteiger partial charge is 0.313 e. The van der Waals surface area contributed by atoms with Crippen LogP contribution < -0.4 is 10.9 Å². The van der Waals surface area contributed by atoms with E-state index in [-0.39, 0.29) is 5.56 Å². The summed E-state index contributed by atoms with van der Waals surface area (Å²) in [5.41, 5.74) is 1.30. The Balaban J connectivity index is 2.49. The zero-order chi connectivity index (χ0) is 11.5. The van der Waals surface area contributed by atoms with Gasteiger partial charge in [-0.05, 0) is 13.1 Å². The fourth-order valence-electron chi connectivity index (χ4n) is 1.52. The van der Waals surface area contributed by atoms with Gasteiger partial charge in [0.25, 0.3) is 5.56 Å². The first-order valence-electron chi connectivity index (χ1n) is 4.94. The van der Waals surface area contributed by atoms with E-state index in [1.54, 1.807) is 17.9 Å². The first kappa shape index (κ1) is 10.6. The van der Waals surface area contributed by atoms with Gasteiger partial charge in [-0.15, -0.1) is 0 Å². The van der Waals surface area contributed by atoms with Gasteiger partial charge >= 0.3 is 0 Å². The Morgan fingerprint density at radius 3 is 3.00 bits per heavy atom. The third kappa shape index (κ3) is 2.01. The Bertz CT molecular complexity index is 542. The molecule has 16 heavy (non-hydrogen) atoms. The predicted molar refractivity (Wildman–Crippen MR) is 59.8 cm³/mol. The summed E-state index contributed by atoms with van der Waals surface area (Å²) in [5.74, 6) is 0.617. The van der Waals surface area contributed by atoms with Gasteiger partial charge in [0.1, 0.15) is 5.82 Å². The lowest BCUT2D eigenvalue weighted by atomic mass is 10.3. The molecule has 6 nitrogen and oxygen atoms in total. The van der Waals surface area contributed by atoms with Crippen LogP contribution in [0.2, 0.25) is 0 Å². The summed E-state index contributed by atoms with van der Waals surface area (Å²) in [6.45, 7) is 0.529. The van der Waals surface area contributed by atoms with Gasteiger partial charge < -0.3 is 10.3 Å². The van der Waals surface area contributed by atoms with Gasteiger partial charge in [0.15, 0.2) is 0 Å². The highest BCUT2D eigenvalue weighted by Gasteiger charge is 2.06. The molecule has 2 aromatic rings. The first-order chi connectivity index (χ1) is 7.70. The Kier molecular flexibility index (Phi) is 2.82. The molecule has 2 N–H and O–H groups in total. The fourth-order valence-corrected chi connectivity index (χ4v) is 1.52. The number of nitrogens with one attached hydrogen (secondary N) is 2. The van der Waals surface area contributed by atoms with Crippen molar-refractivity contribution in [3.63, 3.8) is 0 Å². The van der Waals surface area contributed by atoms with Gasteiger partial charge in [-0.1, -0.05) is 0 Å². The molecule has 6 heteroatoms. The Morgan fingerprint density at radius 1 is 1.56 bits per heavy atom. The molecule has 0 aromatic carbocycles. The minimum absolute atomic E-state index is 0.156. The molecule has 2 heterocycles. The Labute approximate surface area is 92.3 Å². The van der Waals surface area contributed by atoms with Gasteiger partial charge in [0.05, 0.1) is 17.9 Å². The molecule has 0 aliphatic heterocycles. The zero-order valence-corrected chi connectivity index (χ0v) is 9.19. The lowest BCUT2D eigenvalue weighted by Gasteiger charge is -2.03. The topological polar surface area (TPSA) is 75.6 Å². The third-order valence-corrected chi connectivity index (χ3v) is 2.22. The van der Waals surface area contributed by atoms with Crippen molar-refractivity contribution in [1.82, 2.24) is 25.1 Å². The highest BCUT2D eigenvalue weighted by atomic mass is 16.1. The van der Waals surface area contributed by atoms with Crippen LogP contribution >= 0.6 is 0 Å². The standard InChI is InChI=1S/C10H13N5O/c1-11-6-9-13-7(5-10(16)14-9)8-3-4-12-15(8)2/h3-5,11H,6H2,1-2H3,(H,13,14,16). The average Bonchev–Trinajstić information content (AvgIpc) is 2.64. The molecule has 0 aliphatic carbocycles. The summed E-state index contributed by atoms with van der Waals surface area (Å²) in [7, 11) is 3.62. The van der Waals surface area contributed by atoms with E-state index in [2.05, 4.69) is 20.4 Å². The molecule has 0 saturated heterocycles. The van der Waals surface area contributed by atoms with E-state index in [4.69, 9.17) is 0 Å². The monoisotopic (exact) mass is 219 g/mol. The molecular formula is C10H13N5O. The van der Waals surface area contributed by atoms with Crippen LogP contribution in [0.25, 0.3) is 11.4 Å². The van der Waals surface area contributed by atoms with Crippen molar-refractivity contribution in [3.8, 4) is 11.4 Å². The second-order valence-corrected chi connectivity index (χ2v) is 3.45. The zero-order valence-electron chi connectivity index (χ0n) is 9.19. The van der Waals surface area contributed by atoms with Crippen LogP contribution in [0.1, 0.15) is 5.82 Å². The summed E-state index contributed by atoms with van der Waals surface area (Å²) in [6, 6.07) is 3.29. The smallest absolute Gasteiger partial charge is 0.251 e. The molecule has 0 unspecified atom stereocenters. The summed E-state index contributed by atoms with van der Waals surface area (Å²) < 4.78 is 1.69. The molecule has 84 valence electrons. The van der Waals surface area contributed by atoms with E-state index in [1.165, 1.54) is 6.07 Å². The number of nitrogens with zero attached hydrogens (tertiary/aromatic N) is 3. The quantitative estimate of drug-likeness (QED) is 0.755. The molecule has 2 rings (SSSR count).